The third-order valence-electron chi connectivity index (χ3n) is 3.52. The molecule has 112 valence electrons. The van der Waals surface area contributed by atoms with Crippen molar-refractivity contribution in [3.05, 3.63) is 10.4 Å². The average molecular weight is 295 g/mol. The van der Waals surface area contributed by atoms with Gasteiger partial charge < -0.3 is 16.4 Å². The number of hydrogen-bond donors (Lipinski definition) is 3. The lowest BCUT2D eigenvalue weighted by Gasteiger charge is -2.08. The highest BCUT2D eigenvalue weighted by atomic mass is 32.1. The van der Waals surface area contributed by atoms with E-state index in [1.54, 1.807) is 0 Å². The number of thiophene rings is 1. The number of carbonyl (C=O) groups is 1. The van der Waals surface area contributed by atoms with E-state index in [1.807, 2.05) is 6.92 Å². The van der Waals surface area contributed by atoms with Crippen LogP contribution in [0.2, 0.25) is 0 Å². The Kier molecular flexibility index (Phi) is 4.91. The van der Waals surface area contributed by atoms with Gasteiger partial charge in [0.05, 0.1) is 10.7 Å². The van der Waals surface area contributed by atoms with Crippen molar-refractivity contribution in [3.63, 3.8) is 0 Å². The van der Waals surface area contributed by atoms with Gasteiger partial charge in [-0.25, -0.2) is 0 Å². The summed E-state index contributed by atoms with van der Waals surface area (Å²) in [7, 11) is 0. The molecule has 1 heterocycles. The maximum absolute atomic E-state index is 12.0. The predicted molar refractivity (Wildman–Crippen MR) is 86.7 cm³/mol. The molecule has 0 bridgehead atoms. The molecule has 0 unspecified atom stereocenters. The van der Waals surface area contributed by atoms with Crippen LogP contribution in [0.3, 0.4) is 0 Å². The molecule has 1 aromatic rings. The van der Waals surface area contributed by atoms with E-state index in [4.69, 9.17) is 5.73 Å². The van der Waals surface area contributed by atoms with Crippen LogP contribution in [-0.4, -0.2) is 19.0 Å². The van der Waals surface area contributed by atoms with Gasteiger partial charge in [-0.05, 0) is 38.0 Å². The largest absolute Gasteiger partial charge is 0.397 e. The molecule has 0 atom stereocenters. The molecule has 4 nitrogen and oxygen atoms in total. The van der Waals surface area contributed by atoms with Gasteiger partial charge in [-0.1, -0.05) is 13.8 Å². The van der Waals surface area contributed by atoms with Crippen molar-refractivity contribution in [3.8, 4) is 0 Å². The molecule has 1 saturated carbocycles. The van der Waals surface area contributed by atoms with Crippen LogP contribution in [0.5, 0.6) is 0 Å². The Morgan fingerprint density at radius 3 is 2.70 bits per heavy atom. The van der Waals surface area contributed by atoms with E-state index in [1.165, 1.54) is 29.7 Å². The van der Waals surface area contributed by atoms with Crippen LogP contribution < -0.4 is 16.4 Å². The number of nitrogens with two attached hydrogens (primary N) is 1. The fourth-order valence-corrected chi connectivity index (χ4v) is 3.40. The molecule has 0 saturated heterocycles. The van der Waals surface area contributed by atoms with Gasteiger partial charge in [0.15, 0.2) is 0 Å². The topological polar surface area (TPSA) is 67.2 Å². The zero-order chi connectivity index (χ0) is 14.7. The molecule has 0 aliphatic heterocycles. The summed E-state index contributed by atoms with van der Waals surface area (Å²) in [5.41, 5.74) is 8.09. The number of anilines is 2. The first-order valence-electron chi connectivity index (χ1n) is 7.48. The van der Waals surface area contributed by atoms with Crippen LogP contribution in [0.15, 0.2) is 0 Å². The van der Waals surface area contributed by atoms with E-state index >= 15 is 0 Å². The van der Waals surface area contributed by atoms with Crippen molar-refractivity contribution >= 4 is 27.9 Å². The highest BCUT2D eigenvalue weighted by Crippen LogP contribution is 2.50. The first-order valence-corrected chi connectivity index (χ1v) is 8.30. The Labute approximate surface area is 125 Å². The van der Waals surface area contributed by atoms with Crippen LogP contribution >= 0.6 is 11.3 Å². The highest BCUT2D eigenvalue weighted by Gasteiger charge is 2.32. The van der Waals surface area contributed by atoms with Crippen LogP contribution in [0.25, 0.3) is 0 Å². The number of hydrogen-bond acceptors (Lipinski definition) is 4. The molecule has 1 aromatic heterocycles. The summed E-state index contributed by atoms with van der Waals surface area (Å²) in [5, 5.41) is 7.43. The third-order valence-corrected chi connectivity index (χ3v) is 4.70. The van der Waals surface area contributed by atoms with Crippen molar-refractivity contribution in [1.29, 1.82) is 0 Å². The zero-order valence-electron chi connectivity index (χ0n) is 12.6. The number of amides is 1. The molecule has 1 aliphatic rings. The van der Waals surface area contributed by atoms with Gasteiger partial charge in [0.2, 0.25) is 0 Å². The lowest BCUT2D eigenvalue weighted by molar-refractivity contribution is 0.0960. The van der Waals surface area contributed by atoms with E-state index in [-0.39, 0.29) is 5.91 Å². The fraction of sp³-hybridized carbons (Fsp3) is 0.667. The Balaban J connectivity index is 2.17. The standard InChI is InChI=1S/C15H25N3OS/c1-4-17-14(19)13-12(16)11(10-5-6-10)15(20-13)18-8-7-9(2)3/h9-10,18H,4-8,16H2,1-3H3,(H,17,19). The molecule has 0 aromatic carbocycles. The monoisotopic (exact) mass is 295 g/mol. The molecule has 0 radical (unpaired) electrons. The molecular formula is C15H25N3OS. The second-order valence-corrected chi connectivity index (χ2v) is 6.85. The summed E-state index contributed by atoms with van der Waals surface area (Å²) in [6, 6.07) is 0. The zero-order valence-corrected chi connectivity index (χ0v) is 13.4. The Bertz CT molecular complexity index is 478. The van der Waals surface area contributed by atoms with Gasteiger partial charge in [0, 0.05) is 18.7 Å². The molecule has 20 heavy (non-hydrogen) atoms. The highest BCUT2D eigenvalue weighted by molar-refractivity contribution is 7.18. The SMILES string of the molecule is CCNC(=O)c1sc(NCCC(C)C)c(C2CC2)c1N. The smallest absolute Gasteiger partial charge is 0.263 e. The first kappa shape index (κ1) is 15.2. The summed E-state index contributed by atoms with van der Waals surface area (Å²) in [6.07, 6.45) is 3.50. The van der Waals surface area contributed by atoms with Crippen molar-refractivity contribution in [2.75, 3.05) is 24.1 Å². The van der Waals surface area contributed by atoms with Crippen molar-refractivity contribution < 1.29 is 4.79 Å². The second kappa shape index (κ2) is 6.48. The Morgan fingerprint density at radius 2 is 2.15 bits per heavy atom. The quantitative estimate of drug-likeness (QED) is 0.722. The maximum Gasteiger partial charge on any atom is 0.263 e. The molecule has 1 aliphatic carbocycles. The van der Waals surface area contributed by atoms with Crippen molar-refractivity contribution in [2.24, 2.45) is 5.92 Å². The van der Waals surface area contributed by atoms with Crippen molar-refractivity contribution in [2.45, 2.75) is 46.0 Å². The molecule has 2 rings (SSSR count). The average Bonchev–Trinajstić information content (AvgIpc) is 3.15. The van der Waals surface area contributed by atoms with Crippen LogP contribution in [-0.2, 0) is 0 Å². The summed E-state index contributed by atoms with van der Waals surface area (Å²) in [5.74, 6) is 1.18. The van der Waals surface area contributed by atoms with Gasteiger partial charge in [0.1, 0.15) is 4.88 Å². The summed E-state index contributed by atoms with van der Waals surface area (Å²) in [6.45, 7) is 7.92. The predicted octanol–water partition coefficient (Wildman–Crippen LogP) is 3.42. The summed E-state index contributed by atoms with van der Waals surface area (Å²) in [4.78, 5) is 12.7. The van der Waals surface area contributed by atoms with Gasteiger partial charge in [0.25, 0.3) is 5.91 Å². The van der Waals surface area contributed by atoms with Crippen molar-refractivity contribution in [1.82, 2.24) is 5.32 Å². The minimum atomic E-state index is -0.0474. The van der Waals surface area contributed by atoms with E-state index in [0.717, 1.165) is 18.0 Å². The van der Waals surface area contributed by atoms with E-state index in [9.17, 15) is 4.79 Å². The maximum atomic E-state index is 12.0. The number of carbonyl (C=O) groups excluding carboxylic acids is 1. The lowest BCUT2D eigenvalue weighted by atomic mass is 10.1. The minimum absolute atomic E-state index is 0.0474. The van der Waals surface area contributed by atoms with Gasteiger partial charge >= 0.3 is 0 Å². The van der Waals surface area contributed by atoms with Gasteiger partial charge in [-0.3, -0.25) is 4.79 Å². The van der Waals surface area contributed by atoms with Gasteiger partial charge in [-0.15, -0.1) is 11.3 Å². The molecule has 4 N–H and O–H groups in total. The number of nitrogen functional groups attached to an aromatic ring is 1. The Morgan fingerprint density at radius 1 is 1.45 bits per heavy atom. The van der Waals surface area contributed by atoms with Crippen LogP contribution in [0.1, 0.15) is 61.2 Å². The summed E-state index contributed by atoms with van der Waals surface area (Å²) >= 11 is 1.51. The fourth-order valence-electron chi connectivity index (χ4n) is 2.25. The lowest BCUT2D eigenvalue weighted by Crippen LogP contribution is -2.22. The van der Waals surface area contributed by atoms with Crippen LogP contribution in [0, 0.1) is 5.92 Å². The summed E-state index contributed by atoms with van der Waals surface area (Å²) < 4.78 is 0. The molecular weight excluding hydrogens is 270 g/mol. The van der Waals surface area contributed by atoms with Gasteiger partial charge in [-0.2, -0.15) is 0 Å². The first-order chi connectivity index (χ1) is 9.54. The number of rotatable bonds is 7. The number of nitrogens with one attached hydrogen (secondary N) is 2. The Hall–Kier alpha value is -1.23. The third kappa shape index (κ3) is 3.45. The molecule has 1 amide bonds. The minimum Gasteiger partial charge on any atom is -0.397 e. The molecule has 1 fully saturated rings. The van der Waals surface area contributed by atoms with Crippen LogP contribution in [0.4, 0.5) is 10.7 Å². The van der Waals surface area contributed by atoms with E-state index in [2.05, 4.69) is 24.5 Å². The molecule has 5 heteroatoms. The normalized spacial score (nSPS) is 14.6. The van der Waals surface area contributed by atoms with E-state index in [0.29, 0.717) is 28.9 Å². The second-order valence-electron chi connectivity index (χ2n) is 5.83. The molecule has 0 spiro atoms. The van der Waals surface area contributed by atoms with E-state index < -0.39 is 0 Å².